The maximum atomic E-state index is 11.9. The minimum Gasteiger partial charge on any atom is -0.381 e. The maximum absolute atomic E-state index is 11.9. The Balaban J connectivity index is 2.36. The van der Waals surface area contributed by atoms with Crippen LogP contribution in [0.25, 0.3) is 0 Å². The second-order valence-corrected chi connectivity index (χ2v) is 6.75. The van der Waals surface area contributed by atoms with E-state index in [1.807, 2.05) is 6.92 Å². The first-order valence-corrected chi connectivity index (χ1v) is 8.31. The first-order chi connectivity index (χ1) is 8.60. The van der Waals surface area contributed by atoms with Gasteiger partial charge in [0, 0.05) is 26.3 Å². The zero-order valence-corrected chi connectivity index (χ0v) is 12.1. The van der Waals surface area contributed by atoms with Crippen LogP contribution in [0, 0.1) is 0 Å². The molecule has 1 rings (SSSR count). The Morgan fingerprint density at radius 1 is 1.44 bits per heavy atom. The third-order valence-electron chi connectivity index (χ3n) is 2.24. The van der Waals surface area contributed by atoms with E-state index in [4.69, 9.17) is 10.5 Å². The van der Waals surface area contributed by atoms with Crippen molar-refractivity contribution in [2.24, 2.45) is 5.73 Å². The average Bonchev–Trinajstić information content (AvgIpc) is 2.83. The predicted molar refractivity (Wildman–Crippen MR) is 73.1 cm³/mol. The van der Waals surface area contributed by atoms with Gasteiger partial charge in [0.15, 0.2) is 0 Å². The van der Waals surface area contributed by atoms with Crippen LogP contribution in [0.1, 0.15) is 25.3 Å². The van der Waals surface area contributed by atoms with Crippen molar-refractivity contribution in [3.63, 3.8) is 0 Å². The number of nitrogens with one attached hydrogen (secondary N) is 1. The summed E-state index contributed by atoms with van der Waals surface area (Å²) in [6.07, 6.45) is 1.65. The number of nitrogens with two attached hydrogens (primary N) is 1. The van der Waals surface area contributed by atoms with Crippen LogP contribution in [0.2, 0.25) is 0 Å². The van der Waals surface area contributed by atoms with E-state index < -0.39 is 10.0 Å². The molecule has 1 heterocycles. The zero-order chi connectivity index (χ0) is 13.4. The SMILES string of the molecule is CCCOCCCNS(=O)(=O)c1cc(CN)cs1. The van der Waals surface area contributed by atoms with E-state index in [-0.39, 0.29) is 0 Å². The van der Waals surface area contributed by atoms with Crippen LogP contribution < -0.4 is 10.5 Å². The summed E-state index contributed by atoms with van der Waals surface area (Å²) in [4.78, 5) is 0. The summed E-state index contributed by atoms with van der Waals surface area (Å²) in [7, 11) is -3.38. The average molecular weight is 292 g/mol. The molecule has 0 aromatic carbocycles. The fraction of sp³-hybridized carbons (Fsp3) is 0.636. The molecule has 18 heavy (non-hydrogen) atoms. The molecular formula is C11H20N2O3S2. The summed E-state index contributed by atoms with van der Waals surface area (Å²) in [5.41, 5.74) is 6.29. The lowest BCUT2D eigenvalue weighted by Gasteiger charge is -2.05. The number of thiophene rings is 1. The molecule has 0 unspecified atom stereocenters. The minimum absolute atomic E-state index is 0.317. The van der Waals surface area contributed by atoms with Crippen LogP contribution in [0.4, 0.5) is 0 Å². The molecule has 104 valence electrons. The van der Waals surface area contributed by atoms with Crippen molar-refractivity contribution in [3.05, 3.63) is 17.0 Å². The first-order valence-electron chi connectivity index (χ1n) is 5.95. The molecule has 0 saturated heterocycles. The van der Waals surface area contributed by atoms with E-state index in [0.717, 1.165) is 18.6 Å². The molecule has 1 aromatic heterocycles. The van der Waals surface area contributed by atoms with E-state index >= 15 is 0 Å². The van der Waals surface area contributed by atoms with Crippen LogP contribution in [-0.4, -0.2) is 28.2 Å². The van der Waals surface area contributed by atoms with Gasteiger partial charge in [0.2, 0.25) is 10.0 Å². The summed E-state index contributed by atoms with van der Waals surface area (Å²) in [5, 5.41) is 1.76. The summed E-state index contributed by atoms with van der Waals surface area (Å²) in [6, 6.07) is 1.61. The Hall–Kier alpha value is -0.470. The third kappa shape index (κ3) is 5.03. The standard InChI is InChI=1S/C11H20N2O3S2/c1-2-5-16-6-3-4-13-18(14,15)11-7-10(8-12)9-17-11/h7,9,13H,2-6,8,12H2,1H3. The van der Waals surface area contributed by atoms with E-state index in [9.17, 15) is 8.42 Å². The van der Waals surface area contributed by atoms with Crippen LogP contribution in [0.5, 0.6) is 0 Å². The molecule has 0 atom stereocenters. The van der Waals surface area contributed by atoms with Gasteiger partial charge >= 0.3 is 0 Å². The van der Waals surface area contributed by atoms with Gasteiger partial charge in [-0.2, -0.15) is 0 Å². The molecule has 0 radical (unpaired) electrons. The molecule has 0 spiro atoms. The van der Waals surface area contributed by atoms with Crippen LogP contribution in [-0.2, 0) is 21.3 Å². The van der Waals surface area contributed by atoms with Gasteiger partial charge in [-0.25, -0.2) is 13.1 Å². The minimum atomic E-state index is -3.38. The zero-order valence-electron chi connectivity index (χ0n) is 10.5. The van der Waals surface area contributed by atoms with Crippen molar-refractivity contribution in [2.75, 3.05) is 19.8 Å². The summed E-state index contributed by atoms with van der Waals surface area (Å²) < 4.78 is 31.9. The van der Waals surface area contributed by atoms with Crippen LogP contribution in [0.3, 0.4) is 0 Å². The molecule has 7 heteroatoms. The first kappa shape index (κ1) is 15.6. The molecule has 0 aliphatic carbocycles. The van der Waals surface area contributed by atoms with Crippen molar-refractivity contribution in [2.45, 2.75) is 30.5 Å². The quantitative estimate of drug-likeness (QED) is 0.672. The van der Waals surface area contributed by atoms with Gasteiger partial charge in [-0.1, -0.05) is 6.92 Å². The van der Waals surface area contributed by atoms with Gasteiger partial charge in [0.05, 0.1) is 0 Å². The third-order valence-corrected chi connectivity index (χ3v) is 5.19. The number of sulfonamides is 1. The smallest absolute Gasteiger partial charge is 0.250 e. The van der Waals surface area contributed by atoms with Crippen molar-refractivity contribution in [1.82, 2.24) is 4.72 Å². The largest absolute Gasteiger partial charge is 0.381 e. The van der Waals surface area contributed by atoms with Gasteiger partial charge in [0.25, 0.3) is 0 Å². The van der Waals surface area contributed by atoms with Crippen LogP contribution >= 0.6 is 11.3 Å². The number of ether oxygens (including phenoxy) is 1. The Labute approximate surface area is 112 Å². The molecule has 0 fully saturated rings. The molecule has 0 saturated carbocycles. The molecule has 3 N–H and O–H groups in total. The van der Waals surface area contributed by atoms with Gasteiger partial charge in [-0.05, 0) is 29.9 Å². The highest BCUT2D eigenvalue weighted by Crippen LogP contribution is 2.19. The fourth-order valence-corrected chi connectivity index (χ4v) is 3.64. The van der Waals surface area contributed by atoms with Crippen molar-refractivity contribution in [1.29, 1.82) is 0 Å². The second kappa shape index (κ2) is 7.85. The van der Waals surface area contributed by atoms with E-state index in [1.165, 1.54) is 11.3 Å². The molecule has 1 aromatic rings. The topological polar surface area (TPSA) is 81.4 Å². The molecule has 0 amide bonds. The van der Waals surface area contributed by atoms with E-state index in [0.29, 0.717) is 30.3 Å². The molecule has 0 aliphatic rings. The number of hydrogen-bond donors (Lipinski definition) is 2. The Morgan fingerprint density at radius 3 is 2.83 bits per heavy atom. The van der Waals surface area contributed by atoms with Gasteiger partial charge in [-0.15, -0.1) is 11.3 Å². The normalized spacial score (nSPS) is 11.9. The van der Waals surface area contributed by atoms with Crippen molar-refractivity contribution in [3.8, 4) is 0 Å². The van der Waals surface area contributed by atoms with E-state index in [1.54, 1.807) is 11.4 Å². The number of hydrogen-bond acceptors (Lipinski definition) is 5. The highest BCUT2D eigenvalue weighted by molar-refractivity contribution is 7.91. The summed E-state index contributed by atoms with van der Waals surface area (Å²) in [5.74, 6) is 0. The monoisotopic (exact) mass is 292 g/mol. The highest BCUT2D eigenvalue weighted by Gasteiger charge is 2.15. The summed E-state index contributed by atoms with van der Waals surface area (Å²) in [6.45, 7) is 4.08. The van der Waals surface area contributed by atoms with Crippen molar-refractivity contribution < 1.29 is 13.2 Å². The Bertz CT molecular complexity index is 443. The lowest BCUT2D eigenvalue weighted by Crippen LogP contribution is -2.24. The van der Waals surface area contributed by atoms with Gasteiger partial charge < -0.3 is 10.5 Å². The molecular weight excluding hydrogens is 272 g/mol. The maximum Gasteiger partial charge on any atom is 0.250 e. The van der Waals surface area contributed by atoms with Gasteiger partial charge in [-0.3, -0.25) is 0 Å². The number of rotatable bonds is 9. The van der Waals surface area contributed by atoms with E-state index in [2.05, 4.69) is 4.72 Å². The summed E-state index contributed by atoms with van der Waals surface area (Å²) >= 11 is 1.19. The van der Waals surface area contributed by atoms with Crippen LogP contribution in [0.15, 0.2) is 15.7 Å². The van der Waals surface area contributed by atoms with Gasteiger partial charge in [0.1, 0.15) is 4.21 Å². The Morgan fingerprint density at radius 2 is 2.22 bits per heavy atom. The predicted octanol–water partition coefficient (Wildman–Crippen LogP) is 1.30. The lowest BCUT2D eigenvalue weighted by atomic mass is 10.4. The molecule has 0 bridgehead atoms. The highest BCUT2D eigenvalue weighted by atomic mass is 32.2. The lowest BCUT2D eigenvalue weighted by molar-refractivity contribution is 0.133. The van der Waals surface area contributed by atoms with Crippen molar-refractivity contribution >= 4 is 21.4 Å². The second-order valence-electron chi connectivity index (χ2n) is 3.84. The molecule has 0 aliphatic heterocycles. The molecule has 5 nitrogen and oxygen atoms in total. The Kier molecular flexibility index (Phi) is 6.80. The fourth-order valence-electron chi connectivity index (χ4n) is 1.30.